The van der Waals surface area contributed by atoms with Gasteiger partial charge in [-0.15, -0.1) is 11.3 Å². The predicted molar refractivity (Wildman–Crippen MR) is 95.4 cm³/mol. The summed E-state index contributed by atoms with van der Waals surface area (Å²) in [5.74, 6) is 4.77. The number of rotatable bonds is 4. The maximum Gasteiger partial charge on any atom is 0.303 e. The van der Waals surface area contributed by atoms with Crippen molar-refractivity contribution in [2.75, 3.05) is 0 Å². The first-order valence-corrected chi connectivity index (χ1v) is 8.39. The Morgan fingerprint density at radius 3 is 2.12 bits per heavy atom. The van der Waals surface area contributed by atoms with Gasteiger partial charge in [-0.3, -0.25) is 9.59 Å². The van der Waals surface area contributed by atoms with E-state index in [0.29, 0.717) is 6.42 Å². The quantitative estimate of drug-likeness (QED) is 0.824. The Kier molecular flexibility index (Phi) is 8.31. The summed E-state index contributed by atoms with van der Waals surface area (Å²) in [7, 11) is 0. The maximum atomic E-state index is 10.5. The van der Waals surface area contributed by atoms with Crippen molar-refractivity contribution in [3.8, 4) is 11.8 Å². The minimum absolute atomic E-state index is 0.166. The molecule has 0 amide bonds. The molecule has 24 heavy (non-hydrogen) atoms. The number of carboxylic acids is 2. The highest BCUT2D eigenvalue weighted by molar-refractivity contribution is 7.10. The second kappa shape index (κ2) is 10.2. The molecule has 0 aliphatic rings. The molecule has 0 bridgehead atoms. The molecule has 0 saturated heterocycles. The van der Waals surface area contributed by atoms with Crippen molar-refractivity contribution >= 4 is 23.3 Å². The van der Waals surface area contributed by atoms with Gasteiger partial charge in [-0.2, -0.15) is 0 Å². The molecule has 2 rings (SSSR count). The fraction of sp³-hybridized carbons (Fsp3) is 0.263. The smallest absolute Gasteiger partial charge is 0.303 e. The number of thiophene rings is 1. The van der Waals surface area contributed by atoms with Gasteiger partial charge in [0.25, 0.3) is 0 Å². The van der Waals surface area contributed by atoms with Crippen LogP contribution in [0, 0.1) is 18.8 Å². The monoisotopic (exact) mass is 344 g/mol. The van der Waals surface area contributed by atoms with Crippen LogP contribution >= 0.6 is 11.3 Å². The molecule has 1 aromatic carbocycles. The van der Waals surface area contributed by atoms with Crippen molar-refractivity contribution in [2.45, 2.75) is 33.1 Å². The van der Waals surface area contributed by atoms with Gasteiger partial charge in [-0.05, 0) is 48.1 Å². The van der Waals surface area contributed by atoms with Gasteiger partial charge < -0.3 is 10.2 Å². The van der Waals surface area contributed by atoms with Gasteiger partial charge in [-0.25, -0.2) is 0 Å². The molecule has 1 heterocycles. The number of carboxylic acid groups (broad SMARTS) is 2. The third kappa shape index (κ3) is 7.61. The SMILES string of the molecule is CCC(=O)O.Cc1ccsc1C#Cc1ccc(CCC(=O)O)cc1. The molecule has 126 valence electrons. The van der Waals surface area contributed by atoms with Gasteiger partial charge in [0.2, 0.25) is 0 Å². The highest BCUT2D eigenvalue weighted by Gasteiger charge is 1.99. The van der Waals surface area contributed by atoms with E-state index in [9.17, 15) is 9.59 Å². The first-order chi connectivity index (χ1) is 11.4. The van der Waals surface area contributed by atoms with E-state index in [0.717, 1.165) is 16.0 Å². The van der Waals surface area contributed by atoms with Gasteiger partial charge in [0.05, 0.1) is 4.88 Å². The summed E-state index contributed by atoms with van der Waals surface area (Å²) in [5.41, 5.74) is 3.18. The van der Waals surface area contributed by atoms with E-state index in [4.69, 9.17) is 10.2 Å². The Hall–Kier alpha value is -2.58. The average Bonchev–Trinajstić information content (AvgIpc) is 2.97. The van der Waals surface area contributed by atoms with Gasteiger partial charge in [0, 0.05) is 18.4 Å². The summed E-state index contributed by atoms with van der Waals surface area (Å²) < 4.78 is 0. The summed E-state index contributed by atoms with van der Waals surface area (Å²) in [6.45, 7) is 3.65. The highest BCUT2D eigenvalue weighted by Crippen LogP contribution is 2.14. The maximum absolute atomic E-state index is 10.5. The zero-order valence-corrected chi connectivity index (χ0v) is 14.5. The molecule has 0 atom stereocenters. The second-order valence-electron chi connectivity index (χ2n) is 5.02. The van der Waals surface area contributed by atoms with E-state index in [1.807, 2.05) is 29.6 Å². The minimum atomic E-state index is -0.767. The van der Waals surface area contributed by atoms with Crippen LogP contribution in [0.25, 0.3) is 0 Å². The third-order valence-electron chi connectivity index (χ3n) is 3.07. The Morgan fingerprint density at radius 2 is 1.67 bits per heavy atom. The molecule has 4 nitrogen and oxygen atoms in total. The lowest BCUT2D eigenvalue weighted by Gasteiger charge is -1.98. The predicted octanol–water partition coefficient (Wildman–Crippen LogP) is 3.95. The van der Waals surface area contributed by atoms with E-state index in [2.05, 4.69) is 24.8 Å². The molecular weight excluding hydrogens is 324 g/mol. The van der Waals surface area contributed by atoms with Crippen LogP contribution in [-0.2, 0) is 16.0 Å². The standard InChI is InChI=1S/C16H14O2S.C3H6O2/c1-12-10-11-19-15(12)8-6-13-2-4-14(5-3-13)7-9-16(17)18;1-2-3(4)5/h2-5,10-11H,7,9H2,1H3,(H,17,18);2H2,1H3,(H,4,5). The molecule has 0 saturated carbocycles. The first-order valence-electron chi connectivity index (χ1n) is 7.51. The second-order valence-corrected chi connectivity index (χ2v) is 5.94. The van der Waals surface area contributed by atoms with E-state index < -0.39 is 11.9 Å². The number of hydrogen-bond acceptors (Lipinski definition) is 3. The topological polar surface area (TPSA) is 74.6 Å². The molecule has 1 aromatic heterocycles. The van der Waals surface area contributed by atoms with E-state index in [-0.39, 0.29) is 12.8 Å². The molecular formula is C19H20O4S. The Morgan fingerprint density at radius 1 is 1.04 bits per heavy atom. The summed E-state index contributed by atoms with van der Waals surface area (Å²) >= 11 is 1.64. The van der Waals surface area contributed by atoms with E-state index in [1.165, 1.54) is 5.56 Å². The van der Waals surface area contributed by atoms with Crippen molar-refractivity contribution in [3.05, 3.63) is 57.3 Å². The van der Waals surface area contributed by atoms with Crippen LogP contribution in [0.4, 0.5) is 0 Å². The van der Waals surface area contributed by atoms with Crippen molar-refractivity contribution < 1.29 is 19.8 Å². The number of aliphatic carboxylic acids is 2. The molecule has 0 fully saturated rings. The zero-order chi connectivity index (χ0) is 17.9. The van der Waals surface area contributed by atoms with Crippen LogP contribution < -0.4 is 0 Å². The summed E-state index contributed by atoms with van der Waals surface area (Å²) in [5, 5.41) is 18.4. The zero-order valence-electron chi connectivity index (χ0n) is 13.7. The van der Waals surface area contributed by atoms with Crippen LogP contribution in [0.1, 0.15) is 41.3 Å². The first kappa shape index (κ1) is 19.5. The molecule has 0 aliphatic carbocycles. The lowest BCUT2D eigenvalue weighted by molar-refractivity contribution is -0.137. The number of carbonyl (C=O) groups is 2. The van der Waals surface area contributed by atoms with E-state index in [1.54, 1.807) is 18.3 Å². The van der Waals surface area contributed by atoms with Gasteiger partial charge >= 0.3 is 11.9 Å². The Labute approximate surface area is 145 Å². The van der Waals surface area contributed by atoms with Crippen molar-refractivity contribution in [2.24, 2.45) is 0 Å². The van der Waals surface area contributed by atoms with Crippen LogP contribution in [0.15, 0.2) is 35.7 Å². The Balaban J connectivity index is 0.000000505. The summed E-state index contributed by atoms with van der Waals surface area (Å²) in [6.07, 6.45) is 0.951. The molecule has 0 aliphatic heterocycles. The third-order valence-corrected chi connectivity index (χ3v) is 4.00. The van der Waals surface area contributed by atoms with Crippen molar-refractivity contribution in [1.29, 1.82) is 0 Å². The van der Waals surface area contributed by atoms with Gasteiger partial charge in [0.1, 0.15) is 0 Å². The number of benzene rings is 1. The van der Waals surface area contributed by atoms with Crippen molar-refractivity contribution in [3.63, 3.8) is 0 Å². The molecule has 0 radical (unpaired) electrons. The Bertz CT molecular complexity index is 733. The van der Waals surface area contributed by atoms with Gasteiger partial charge in [-0.1, -0.05) is 30.9 Å². The summed E-state index contributed by atoms with van der Waals surface area (Å²) in [6, 6.07) is 9.81. The molecule has 2 N–H and O–H groups in total. The molecule has 5 heteroatoms. The molecule has 0 unspecified atom stereocenters. The van der Waals surface area contributed by atoms with Gasteiger partial charge in [0.15, 0.2) is 0 Å². The van der Waals surface area contributed by atoms with Crippen LogP contribution in [-0.4, -0.2) is 22.2 Å². The highest BCUT2D eigenvalue weighted by atomic mass is 32.1. The fourth-order valence-corrected chi connectivity index (χ4v) is 2.41. The average molecular weight is 344 g/mol. The number of hydrogen-bond donors (Lipinski definition) is 2. The van der Waals surface area contributed by atoms with Crippen molar-refractivity contribution in [1.82, 2.24) is 0 Å². The normalized spacial score (nSPS) is 9.25. The lowest BCUT2D eigenvalue weighted by atomic mass is 10.1. The molecule has 0 spiro atoms. The fourth-order valence-electron chi connectivity index (χ4n) is 1.64. The number of aryl methyl sites for hydroxylation is 2. The largest absolute Gasteiger partial charge is 0.481 e. The molecule has 2 aromatic rings. The van der Waals surface area contributed by atoms with Crippen LogP contribution in [0.3, 0.4) is 0 Å². The summed E-state index contributed by atoms with van der Waals surface area (Å²) in [4.78, 5) is 20.9. The van der Waals surface area contributed by atoms with Crippen LogP contribution in [0.2, 0.25) is 0 Å². The van der Waals surface area contributed by atoms with E-state index >= 15 is 0 Å². The lowest BCUT2D eigenvalue weighted by Crippen LogP contribution is -1.97. The van der Waals surface area contributed by atoms with Crippen LogP contribution in [0.5, 0.6) is 0 Å². The minimum Gasteiger partial charge on any atom is -0.481 e.